The van der Waals surface area contributed by atoms with Crippen LogP contribution >= 0.6 is 0 Å². The van der Waals surface area contributed by atoms with Gasteiger partial charge in [-0.3, -0.25) is 4.79 Å². The van der Waals surface area contributed by atoms with E-state index in [2.05, 4.69) is 17.1 Å². The van der Waals surface area contributed by atoms with Crippen LogP contribution in [0, 0.1) is 5.92 Å². The third kappa shape index (κ3) is 5.01. The molecule has 0 radical (unpaired) electrons. The standard InChI is InChI=1S/C27H37N3O6/c1-7-17-12-16(15(2)28-26(34)36-27(3,4)5)13-29(17)21-11-10-19-22(24(21)35-6)30(18-8-9-18)14-20(23(19)31)25(32)33/h10-11,14-18H,7-9,12-13H2,1-6H3,(H,28,34)(H,32,33)/t15-,16?,17?/m0/s1. The number of pyridine rings is 1. The number of alkyl carbamates (subject to hydrolysis) is 1. The van der Waals surface area contributed by atoms with E-state index in [1.165, 1.54) is 6.20 Å². The van der Waals surface area contributed by atoms with Crippen molar-refractivity contribution < 1.29 is 24.2 Å². The fourth-order valence-electron chi connectivity index (χ4n) is 5.24. The topological polar surface area (TPSA) is 110 Å². The number of ether oxygens (including phenoxy) is 2. The van der Waals surface area contributed by atoms with E-state index in [4.69, 9.17) is 9.47 Å². The summed E-state index contributed by atoms with van der Waals surface area (Å²) < 4.78 is 13.3. The number of nitrogens with one attached hydrogen (secondary N) is 1. The summed E-state index contributed by atoms with van der Waals surface area (Å²) in [6.45, 7) is 10.4. The summed E-state index contributed by atoms with van der Waals surface area (Å²) >= 11 is 0. The molecule has 1 aliphatic heterocycles. The Morgan fingerprint density at radius 3 is 2.50 bits per heavy atom. The number of aromatic nitrogens is 1. The second kappa shape index (κ2) is 9.67. The Hall–Kier alpha value is -3.23. The number of amides is 1. The zero-order valence-corrected chi connectivity index (χ0v) is 22.0. The van der Waals surface area contributed by atoms with Gasteiger partial charge in [-0.1, -0.05) is 6.92 Å². The van der Waals surface area contributed by atoms with E-state index in [1.807, 2.05) is 38.3 Å². The summed E-state index contributed by atoms with van der Waals surface area (Å²) in [6.07, 6.45) is 4.70. The number of methoxy groups -OCH3 is 1. The number of carboxylic acids is 1. The number of rotatable bonds is 7. The largest absolute Gasteiger partial charge is 0.492 e. The minimum atomic E-state index is -1.22. The molecule has 2 unspecified atom stereocenters. The van der Waals surface area contributed by atoms with Crippen LogP contribution in [0.5, 0.6) is 5.75 Å². The minimum Gasteiger partial charge on any atom is -0.492 e. The number of nitrogens with zero attached hydrogens (tertiary/aromatic N) is 2. The van der Waals surface area contributed by atoms with Crippen molar-refractivity contribution in [2.45, 2.75) is 84.0 Å². The summed E-state index contributed by atoms with van der Waals surface area (Å²) in [4.78, 5) is 39.4. The highest BCUT2D eigenvalue weighted by molar-refractivity contribution is 5.97. The van der Waals surface area contributed by atoms with E-state index in [0.29, 0.717) is 23.2 Å². The quantitative estimate of drug-likeness (QED) is 0.575. The minimum absolute atomic E-state index is 0.0897. The van der Waals surface area contributed by atoms with Gasteiger partial charge in [0.2, 0.25) is 5.43 Å². The first-order valence-corrected chi connectivity index (χ1v) is 12.7. The average Bonchev–Trinajstić information content (AvgIpc) is 3.54. The van der Waals surface area contributed by atoms with E-state index in [-0.39, 0.29) is 29.6 Å². The molecule has 1 saturated heterocycles. The monoisotopic (exact) mass is 499 g/mol. The van der Waals surface area contributed by atoms with E-state index in [9.17, 15) is 19.5 Å². The molecule has 2 aromatic rings. The molecule has 2 N–H and O–H groups in total. The fourth-order valence-corrected chi connectivity index (χ4v) is 5.24. The van der Waals surface area contributed by atoms with Crippen LogP contribution in [0.4, 0.5) is 10.5 Å². The van der Waals surface area contributed by atoms with Crippen molar-refractivity contribution >= 4 is 28.7 Å². The molecule has 1 saturated carbocycles. The molecule has 2 heterocycles. The maximum absolute atomic E-state index is 13.0. The molecule has 1 amide bonds. The maximum atomic E-state index is 13.0. The molecule has 9 nitrogen and oxygen atoms in total. The van der Waals surface area contributed by atoms with Crippen molar-refractivity contribution in [1.29, 1.82) is 0 Å². The zero-order chi connectivity index (χ0) is 26.4. The molecule has 2 aliphatic rings. The summed E-state index contributed by atoms with van der Waals surface area (Å²) in [7, 11) is 1.59. The summed E-state index contributed by atoms with van der Waals surface area (Å²) in [6, 6.07) is 3.88. The van der Waals surface area contributed by atoms with Gasteiger partial charge in [-0.25, -0.2) is 9.59 Å². The maximum Gasteiger partial charge on any atom is 0.407 e. The van der Waals surface area contributed by atoms with E-state index >= 15 is 0 Å². The Labute approximate surface area is 211 Å². The van der Waals surface area contributed by atoms with Gasteiger partial charge in [0.25, 0.3) is 0 Å². The Balaban J connectivity index is 1.71. The number of anilines is 1. The Morgan fingerprint density at radius 1 is 1.25 bits per heavy atom. The van der Waals surface area contributed by atoms with Crippen molar-refractivity contribution in [2.24, 2.45) is 5.92 Å². The van der Waals surface area contributed by atoms with Gasteiger partial charge >= 0.3 is 12.1 Å². The predicted molar refractivity (Wildman–Crippen MR) is 138 cm³/mol. The lowest BCUT2D eigenvalue weighted by atomic mass is 9.97. The number of fused-ring (bicyclic) bond motifs is 1. The van der Waals surface area contributed by atoms with Gasteiger partial charge in [-0.05, 0) is 71.4 Å². The highest BCUT2D eigenvalue weighted by Crippen LogP contribution is 2.44. The number of aromatic carboxylic acids is 1. The Bertz CT molecular complexity index is 1230. The first-order chi connectivity index (χ1) is 16.9. The smallest absolute Gasteiger partial charge is 0.407 e. The van der Waals surface area contributed by atoms with Gasteiger partial charge in [0, 0.05) is 30.9 Å². The SMILES string of the molecule is CCC1CC([C@H](C)NC(=O)OC(C)(C)C)CN1c1ccc2c(=O)c(C(=O)O)cn(C3CC3)c2c1OC. The molecule has 196 valence electrons. The number of carboxylic acid groups (broad SMARTS) is 1. The number of hydrogen-bond donors (Lipinski definition) is 2. The molecule has 36 heavy (non-hydrogen) atoms. The van der Waals surface area contributed by atoms with Crippen LogP contribution in [-0.2, 0) is 4.74 Å². The van der Waals surface area contributed by atoms with Crippen LogP contribution in [0.2, 0.25) is 0 Å². The summed E-state index contributed by atoms with van der Waals surface area (Å²) in [5.74, 6) is -0.442. The number of benzene rings is 1. The second-order valence-corrected chi connectivity index (χ2v) is 11.0. The molecule has 0 bridgehead atoms. The van der Waals surface area contributed by atoms with E-state index in [0.717, 1.165) is 31.4 Å². The van der Waals surface area contributed by atoms with Crippen molar-refractivity contribution in [3.8, 4) is 5.75 Å². The molecule has 0 spiro atoms. The third-order valence-corrected chi connectivity index (χ3v) is 7.18. The molecular formula is C27H37N3O6. The van der Waals surface area contributed by atoms with E-state index < -0.39 is 23.1 Å². The number of carbonyl (C=O) groups is 2. The van der Waals surface area contributed by atoms with Crippen LogP contribution in [0.1, 0.15) is 76.7 Å². The molecule has 1 aromatic carbocycles. The van der Waals surface area contributed by atoms with Gasteiger partial charge in [-0.15, -0.1) is 0 Å². The zero-order valence-electron chi connectivity index (χ0n) is 22.0. The Kier molecular flexibility index (Phi) is 6.94. The van der Waals surface area contributed by atoms with Gasteiger partial charge in [-0.2, -0.15) is 0 Å². The normalized spacial score (nSPS) is 20.9. The predicted octanol–water partition coefficient (Wildman–Crippen LogP) is 4.56. The van der Waals surface area contributed by atoms with Crippen LogP contribution in [0.25, 0.3) is 10.9 Å². The van der Waals surface area contributed by atoms with Gasteiger partial charge in [0.15, 0.2) is 5.75 Å². The van der Waals surface area contributed by atoms with Gasteiger partial charge in [0.1, 0.15) is 11.2 Å². The molecule has 2 fully saturated rings. The highest BCUT2D eigenvalue weighted by atomic mass is 16.6. The van der Waals surface area contributed by atoms with Gasteiger partial charge < -0.3 is 29.4 Å². The fraction of sp³-hybridized carbons (Fsp3) is 0.593. The molecule has 1 aliphatic carbocycles. The number of hydrogen-bond acceptors (Lipinski definition) is 6. The van der Waals surface area contributed by atoms with Crippen LogP contribution in [-0.4, -0.2) is 53.1 Å². The van der Waals surface area contributed by atoms with E-state index in [1.54, 1.807) is 13.2 Å². The third-order valence-electron chi connectivity index (χ3n) is 7.18. The lowest BCUT2D eigenvalue weighted by molar-refractivity contribution is 0.0493. The molecule has 3 atom stereocenters. The highest BCUT2D eigenvalue weighted by Gasteiger charge is 2.37. The van der Waals surface area contributed by atoms with Crippen LogP contribution in [0.15, 0.2) is 23.1 Å². The van der Waals surface area contributed by atoms with Gasteiger partial charge in [0.05, 0.1) is 23.7 Å². The summed E-state index contributed by atoms with van der Waals surface area (Å²) in [5.41, 5.74) is 0.236. The molecule has 1 aromatic heterocycles. The second-order valence-electron chi connectivity index (χ2n) is 11.0. The number of carbonyl (C=O) groups excluding carboxylic acids is 1. The first kappa shape index (κ1) is 25.9. The van der Waals surface area contributed by atoms with Crippen molar-refractivity contribution in [2.75, 3.05) is 18.6 Å². The first-order valence-electron chi connectivity index (χ1n) is 12.7. The van der Waals surface area contributed by atoms with Crippen molar-refractivity contribution in [3.05, 3.63) is 34.1 Å². The average molecular weight is 500 g/mol. The lowest BCUT2D eigenvalue weighted by Gasteiger charge is -2.29. The van der Waals surface area contributed by atoms with Crippen molar-refractivity contribution in [3.63, 3.8) is 0 Å². The lowest BCUT2D eigenvalue weighted by Crippen LogP contribution is -2.42. The van der Waals surface area contributed by atoms with Crippen LogP contribution < -0.4 is 20.4 Å². The molecular weight excluding hydrogens is 462 g/mol. The Morgan fingerprint density at radius 2 is 1.94 bits per heavy atom. The molecule has 4 rings (SSSR count). The van der Waals surface area contributed by atoms with Crippen molar-refractivity contribution in [1.82, 2.24) is 9.88 Å². The molecule has 9 heteroatoms. The summed E-state index contributed by atoms with van der Waals surface area (Å²) in [5, 5.41) is 12.9. The van der Waals surface area contributed by atoms with Crippen LogP contribution in [0.3, 0.4) is 0 Å².